The summed E-state index contributed by atoms with van der Waals surface area (Å²) in [6.07, 6.45) is 0. The second kappa shape index (κ2) is 16.4. The van der Waals surface area contributed by atoms with Crippen LogP contribution in [0.1, 0.15) is 50.1 Å². The lowest BCUT2D eigenvalue weighted by Gasteiger charge is -2.35. The Labute approximate surface area is 292 Å². The van der Waals surface area contributed by atoms with Crippen molar-refractivity contribution in [1.29, 1.82) is 0 Å². The lowest BCUT2D eigenvalue weighted by molar-refractivity contribution is -0.884. The molecule has 0 aliphatic heterocycles. The molecule has 0 saturated carbocycles. The summed E-state index contributed by atoms with van der Waals surface area (Å²) in [5.41, 5.74) is 13.1. The Morgan fingerprint density at radius 1 is 0.612 bits per heavy atom. The van der Waals surface area contributed by atoms with Crippen LogP contribution in [0.25, 0.3) is 11.1 Å². The third-order valence-electron chi connectivity index (χ3n) is 9.12. The molecule has 0 radical (unpaired) electrons. The molecule has 0 unspecified atom stereocenters. The van der Waals surface area contributed by atoms with E-state index >= 15 is 0 Å². The number of aliphatic hydroxyl groups is 1. The van der Waals surface area contributed by atoms with E-state index in [1.165, 1.54) is 55.6 Å². The molecule has 5 rings (SSSR count). The predicted octanol–water partition coefficient (Wildman–Crippen LogP) is 6.75. The monoisotopic (exact) mass is 668 g/mol. The van der Waals surface area contributed by atoms with Gasteiger partial charge in [0.2, 0.25) is 0 Å². The van der Waals surface area contributed by atoms with Crippen LogP contribution in [-0.4, -0.2) is 90.7 Å². The van der Waals surface area contributed by atoms with Gasteiger partial charge in [0, 0.05) is 12.7 Å². The molecular formula is C42H54NO6+. The fourth-order valence-corrected chi connectivity index (χ4v) is 6.96. The quantitative estimate of drug-likeness (QED) is 0.0824. The zero-order valence-corrected chi connectivity index (χ0v) is 30.4. The van der Waals surface area contributed by atoms with Gasteiger partial charge in [0.15, 0.2) is 0 Å². The van der Waals surface area contributed by atoms with Crippen LogP contribution in [-0.2, 0) is 37.5 Å². The molecule has 7 nitrogen and oxygen atoms in total. The van der Waals surface area contributed by atoms with E-state index in [4.69, 9.17) is 28.8 Å². The van der Waals surface area contributed by atoms with Crippen LogP contribution in [0, 0.1) is 20.8 Å². The van der Waals surface area contributed by atoms with Crippen LogP contribution in [0.2, 0.25) is 0 Å². The minimum absolute atomic E-state index is 0.0156. The van der Waals surface area contributed by atoms with Crippen molar-refractivity contribution in [2.24, 2.45) is 0 Å². The first kappa shape index (κ1) is 36.7. The molecule has 0 saturated heterocycles. The average molecular weight is 669 g/mol. The third-order valence-corrected chi connectivity index (χ3v) is 9.12. The average Bonchev–Trinajstić information content (AvgIpc) is 3.33. The molecule has 4 aromatic carbocycles. The van der Waals surface area contributed by atoms with Crippen molar-refractivity contribution in [3.05, 3.63) is 123 Å². The highest BCUT2D eigenvalue weighted by Gasteiger charge is 2.46. The first-order valence-electron chi connectivity index (χ1n) is 17.3. The summed E-state index contributed by atoms with van der Waals surface area (Å²) in [6, 6.07) is 27.5. The van der Waals surface area contributed by atoms with Gasteiger partial charge in [0.1, 0.15) is 18.9 Å². The van der Waals surface area contributed by atoms with E-state index in [1.54, 1.807) is 7.11 Å². The van der Waals surface area contributed by atoms with Crippen molar-refractivity contribution < 1.29 is 33.3 Å². The fourth-order valence-electron chi connectivity index (χ4n) is 6.96. The summed E-state index contributed by atoms with van der Waals surface area (Å²) in [6.45, 7) is 11.2. The van der Waals surface area contributed by atoms with Gasteiger partial charge in [0.25, 0.3) is 0 Å². The Balaban J connectivity index is 1.63. The number of hydrogen-bond acceptors (Lipinski definition) is 6. The van der Waals surface area contributed by atoms with E-state index in [0.29, 0.717) is 52.9 Å². The lowest BCUT2D eigenvalue weighted by atomic mass is 9.66. The Bertz CT molecular complexity index is 1660. The second-order valence-corrected chi connectivity index (χ2v) is 14.1. The van der Waals surface area contributed by atoms with Crippen LogP contribution in [0.15, 0.2) is 72.8 Å². The zero-order valence-electron chi connectivity index (χ0n) is 30.4. The van der Waals surface area contributed by atoms with Gasteiger partial charge in [-0.2, -0.15) is 0 Å². The molecule has 0 spiro atoms. The van der Waals surface area contributed by atoms with Gasteiger partial charge in [-0.15, -0.1) is 0 Å². The molecule has 1 aliphatic carbocycles. The zero-order chi connectivity index (χ0) is 35.0. The summed E-state index contributed by atoms with van der Waals surface area (Å²) < 4.78 is 29.2. The number of methoxy groups -OCH3 is 1. The standard InChI is InChI=1S/C42H54NO6/c1-30-8-13-37-38-14-9-31(2)25-40(38)42(39(37)24-30,35-12-15-41(32(3)26-35)49-23-22-47-19-18-45-7)36-11-10-33(29-48-21-20-46-17-16-44)34(27-36)28-43(4,5)6/h8-15,24-27,44H,16-23,28-29H2,1-7H3/q+1. The number of aryl methyl sites for hydroxylation is 3. The number of rotatable bonds is 18. The molecule has 0 amide bonds. The summed E-state index contributed by atoms with van der Waals surface area (Å²) in [4.78, 5) is 0. The van der Waals surface area contributed by atoms with Crippen molar-refractivity contribution in [3.63, 3.8) is 0 Å². The number of quaternary nitrogens is 1. The normalized spacial score (nSPS) is 13.4. The van der Waals surface area contributed by atoms with Gasteiger partial charge in [-0.3, -0.25) is 0 Å². The number of fused-ring (bicyclic) bond motifs is 3. The molecular weight excluding hydrogens is 614 g/mol. The molecule has 0 bridgehead atoms. The van der Waals surface area contributed by atoms with Gasteiger partial charge < -0.3 is 33.3 Å². The topological polar surface area (TPSA) is 66.4 Å². The predicted molar refractivity (Wildman–Crippen MR) is 195 cm³/mol. The molecule has 0 fully saturated rings. The lowest BCUT2D eigenvalue weighted by Crippen LogP contribution is -2.34. The summed E-state index contributed by atoms with van der Waals surface area (Å²) >= 11 is 0. The largest absolute Gasteiger partial charge is 0.491 e. The maximum absolute atomic E-state index is 9.03. The number of ether oxygens (including phenoxy) is 5. The Kier molecular flexibility index (Phi) is 12.3. The smallest absolute Gasteiger partial charge is 0.122 e. The number of nitrogens with zero attached hydrogens (tertiary/aromatic N) is 1. The van der Waals surface area contributed by atoms with Crippen LogP contribution < -0.4 is 4.74 Å². The van der Waals surface area contributed by atoms with Crippen LogP contribution in [0.4, 0.5) is 0 Å². The number of hydrogen-bond donors (Lipinski definition) is 1. The van der Waals surface area contributed by atoms with Crippen LogP contribution in [0.5, 0.6) is 5.75 Å². The minimum Gasteiger partial charge on any atom is -0.491 e. The first-order valence-corrected chi connectivity index (χ1v) is 17.3. The Hall–Kier alpha value is -3.56. The minimum atomic E-state index is -0.535. The van der Waals surface area contributed by atoms with Crippen molar-refractivity contribution in [1.82, 2.24) is 0 Å². The summed E-state index contributed by atoms with van der Waals surface area (Å²) in [5.74, 6) is 0.863. The highest BCUT2D eigenvalue weighted by molar-refractivity contribution is 5.87. The van der Waals surface area contributed by atoms with E-state index < -0.39 is 5.41 Å². The molecule has 7 heteroatoms. The molecule has 0 heterocycles. The second-order valence-electron chi connectivity index (χ2n) is 14.1. The van der Waals surface area contributed by atoms with Crippen molar-refractivity contribution >= 4 is 0 Å². The first-order chi connectivity index (χ1) is 23.6. The molecule has 0 atom stereocenters. The summed E-state index contributed by atoms with van der Waals surface area (Å²) in [7, 11) is 8.36. The van der Waals surface area contributed by atoms with E-state index in [1.807, 2.05) is 0 Å². The van der Waals surface area contributed by atoms with Gasteiger partial charge in [-0.1, -0.05) is 71.8 Å². The molecule has 4 aromatic rings. The van der Waals surface area contributed by atoms with Crippen molar-refractivity contribution in [3.8, 4) is 16.9 Å². The van der Waals surface area contributed by atoms with Crippen LogP contribution >= 0.6 is 0 Å². The van der Waals surface area contributed by atoms with Crippen molar-refractivity contribution in [2.75, 3.05) is 81.1 Å². The van der Waals surface area contributed by atoms with Crippen molar-refractivity contribution in [2.45, 2.75) is 39.3 Å². The highest BCUT2D eigenvalue weighted by Crippen LogP contribution is 2.57. The molecule has 262 valence electrons. The molecule has 1 aliphatic rings. The van der Waals surface area contributed by atoms with Gasteiger partial charge in [-0.05, 0) is 77.4 Å². The van der Waals surface area contributed by atoms with E-state index in [9.17, 15) is 0 Å². The maximum Gasteiger partial charge on any atom is 0.122 e. The van der Waals surface area contributed by atoms with Gasteiger partial charge in [0.05, 0.1) is 79.4 Å². The van der Waals surface area contributed by atoms with E-state index in [-0.39, 0.29) is 6.61 Å². The third kappa shape index (κ3) is 8.43. The SMILES string of the molecule is COCCOCCOc1ccc(C2(c3ccc(COCCOCCO)c(C[N+](C)(C)C)c3)c3cc(C)ccc3-c3ccc(C)cc32)cc1C. The maximum atomic E-state index is 9.03. The Morgan fingerprint density at radius 2 is 1.20 bits per heavy atom. The van der Waals surface area contributed by atoms with Gasteiger partial charge >= 0.3 is 0 Å². The molecule has 49 heavy (non-hydrogen) atoms. The molecule has 1 N–H and O–H groups in total. The van der Waals surface area contributed by atoms with Crippen LogP contribution in [0.3, 0.4) is 0 Å². The summed E-state index contributed by atoms with van der Waals surface area (Å²) in [5, 5.41) is 9.03. The number of aliphatic hydroxyl groups excluding tert-OH is 1. The number of benzene rings is 4. The van der Waals surface area contributed by atoms with E-state index in [0.717, 1.165) is 22.3 Å². The Morgan fingerprint density at radius 3 is 1.84 bits per heavy atom. The molecule has 0 aromatic heterocycles. The fraction of sp³-hybridized carbons (Fsp3) is 0.429. The van der Waals surface area contributed by atoms with E-state index in [2.05, 4.69) is 115 Å². The van der Waals surface area contributed by atoms with Gasteiger partial charge in [-0.25, -0.2) is 0 Å². The highest BCUT2D eigenvalue weighted by atomic mass is 16.5.